The van der Waals surface area contributed by atoms with Crippen molar-refractivity contribution < 1.29 is 29.7 Å². The molecule has 0 aliphatic heterocycles. The van der Waals surface area contributed by atoms with Crippen LogP contribution in [0.3, 0.4) is 0 Å². The molecule has 0 saturated carbocycles. The zero-order valence-electron chi connectivity index (χ0n) is 44.5. The summed E-state index contributed by atoms with van der Waals surface area (Å²) >= 11 is -0.145. The molecule has 1 radical (unpaired) electrons. The number of thiophene rings is 1. The first-order valence-electron chi connectivity index (χ1n) is 25.2. The maximum Gasteiger partial charge on any atom is 0.0851 e. The largest absolute Gasteiger partial charge is 0.331 e. The Hall–Kier alpha value is -5.50. The summed E-state index contributed by atoms with van der Waals surface area (Å²) < 4.78 is 61.5. The summed E-state index contributed by atoms with van der Waals surface area (Å²) in [5.74, 6) is 7.86. The van der Waals surface area contributed by atoms with Gasteiger partial charge < -0.3 is 4.57 Å². The van der Waals surface area contributed by atoms with E-state index in [4.69, 9.17) is 14.6 Å². The van der Waals surface area contributed by atoms with E-state index >= 15 is 0 Å². The standard InChI is InChI=1S/C43H36N3S.C15H18GeN.Ir/c1-26(2)33-13-9-14-34(27(3)4)41(33)46-40-28(5)44-24-23-38(40)45-43(46)36-16-10-15-35-37-25-32(21-22-39(37)47-42(35)36)31-19-17-30(18-20-31)29-11-7-6-8-12-29;1-12-5-7-13(8-6-12)15-10-9-14(11-17-15)16(2,3)4;/h6-15,17-27H,1-5H3;5-7,9-11H,1-4H3;/q2*-1;/i5D3,24D;1D3;. The van der Waals surface area contributed by atoms with Crippen molar-refractivity contribution in [1.82, 2.24) is 19.5 Å². The van der Waals surface area contributed by atoms with E-state index in [2.05, 4.69) is 164 Å². The number of rotatable bonds is 8. The minimum Gasteiger partial charge on any atom is -0.331 e. The first-order chi connectivity index (χ1) is 33.7. The van der Waals surface area contributed by atoms with Crippen molar-refractivity contribution in [3.63, 3.8) is 0 Å². The zero-order chi connectivity index (χ0) is 50.6. The molecule has 0 bridgehead atoms. The molecule has 10 rings (SSSR count). The van der Waals surface area contributed by atoms with Gasteiger partial charge in [-0.25, -0.2) is 0 Å². The van der Waals surface area contributed by atoms with Gasteiger partial charge in [0.1, 0.15) is 0 Å². The Morgan fingerprint density at radius 3 is 2.03 bits per heavy atom. The van der Waals surface area contributed by atoms with E-state index in [0.29, 0.717) is 22.4 Å². The van der Waals surface area contributed by atoms with Gasteiger partial charge in [0.15, 0.2) is 0 Å². The van der Waals surface area contributed by atoms with E-state index in [0.717, 1.165) is 64.9 Å². The fourth-order valence-corrected chi connectivity index (χ4v) is 11.6. The summed E-state index contributed by atoms with van der Waals surface area (Å²) in [7, 11) is 0. The van der Waals surface area contributed by atoms with E-state index < -0.39 is 27.0 Å². The maximum absolute atomic E-state index is 8.49. The molecule has 0 saturated heterocycles. The molecular formula is C58H54GeIrN4S-2. The number of fused-ring (bicyclic) bond motifs is 4. The second-order valence-electron chi connectivity index (χ2n) is 17.9. The Balaban J connectivity index is 0.000000278. The molecule has 0 unspecified atom stereocenters. The molecule has 4 heterocycles. The summed E-state index contributed by atoms with van der Waals surface area (Å²) in [4.78, 5) is 13.9. The van der Waals surface area contributed by atoms with Crippen LogP contribution in [0.4, 0.5) is 0 Å². The molecule has 65 heavy (non-hydrogen) atoms. The van der Waals surface area contributed by atoms with Crippen molar-refractivity contribution in [3.8, 4) is 50.6 Å². The minimum atomic E-state index is -2.56. The molecule has 327 valence electrons. The van der Waals surface area contributed by atoms with Crippen LogP contribution in [-0.2, 0) is 20.1 Å². The van der Waals surface area contributed by atoms with Crippen LogP contribution in [0.1, 0.15) is 71.5 Å². The summed E-state index contributed by atoms with van der Waals surface area (Å²) in [6.07, 6.45) is 1.82. The molecule has 0 spiro atoms. The number of benzene rings is 6. The number of aromatic nitrogens is 4. The van der Waals surface area contributed by atoms with E-state index in [-0.39, 0.29) is 43.8 Å². The quantitative estimate of drug-likeness (QED) is 0.112. The average Bonchev–Trinajstić information content (AvgIpc) is 3.91. The first-order valence-corrected chi connectivity index (χ1v) is 29.9. The van der Waals surface area contributed by atoms with Gasteiger partial charge in [-0.15, -0.1) is 18.2 Å². The van der Waals surface area contributed by atoms with Crippen LogP contribution in [0, 0.1) is 25.8 Å². The van der Waals surface area contributed by atoms with Crippen LogP contribution >= 0.6 is 11.3 Å². The van der Waals surface area contributed by atoms with Crippen LogP contribution in [-0.4, -0.2) is 32.8 Å². The van der Waals surface area contributed by atoms with Crippen LogP contribution in [0.5, 0.6) is 0 Å². The summed E-state index contributed by atoms with van der Waals surface area (Å²) in [6.45, 7) is 3.97. The number of hydrogen-bond donors (Lipinski definition) is 0. The molecule has 4 nitrogen and oxygen atoms in total. The Bertz CT molecular complexity index is 3460. The van der Waals surface area contributed by atoms with Gasteiger partial charge in [0.05, 0.1) is 23.9 Å². The molecule has 10 aromatic rings. The van der Waals surface area contributed by atoms with Gasteiger partial charge in [0.25, 0.3) is 0 Å². The number of imidazole rings is 1. The number of nitrogens with zero attached hydrogens (tertiary/aromatic N) is 4. The fourth-order valence-electron chi connectivity index (χ4n) is 8.29. The molecule has 0 atom stereocenters. The zero-order valence-corrected chi connectivity index (χ0v) is 42.9. The molecule has 6 aromatic carbocycles. The van der Waals surface area contributed by atoms with Crippen molar-refractivity contribution in [1.29, 1.82) is 0 Å². The molecule has 0 aliphatic carbocycles. The first kappa shape index (κ1) is 37.7. The van der Waals surface area contributed by atoms with Gasteiger partial charge in [0, 0.05) is 40.8 Å². The topological polar surface area (TPSA) is 43.6 Å². The molecule has 0 fully saturated rings. The molecule has 7 heteroatoms. The van der Waals surface area contributed by atoms with Gasteiger partial charge in [-0.05, 0) is 80.4 Å². The van der Waals surface area contributed by atoms with Crippen LogP contribution in [0.2, 0.25) is 17.3 Å². The second kappa shape index (κ2) is 19.2. The monoisotopic (exact) mass is 1110 g/mol. The van der Waals surface area contributed by atoms with E-state index in [1.54, 1.807) is 29.5 Å². The van der Waals surface area contributed by atoms with E-state index in [1.165, 1.54) is 21.6 Å². The SMILES string of the molecule is [2H]C([2H])([2H])c1c[c-]c(-c2cc[c]([Ge]([CH3])([CH3])[CH3])cn2)cc1.[2H]c1cc2nc(-c3[c-]ccc4c3sc3ccc(-c5ccc(-c6ccccc6)cc5)cc34)n(-c3c(C(C)C)cccc3C(C)C)c2c(C([2H])([2H])[2H])n1.[Ir]. The molecule has 0 N–H and O–H groups in total. The van der Waals surface area contributed by atoms with Crippen LogP contribution < -0.4 is 4.40 Å². The second-order valence-corrected chi connectivity index (χ2v) is 29.6. The number of para-hydroxylation sites is 1. The normalized spacial score (nSPS) is 13.6. The van der Waals surface area contributed by atoms with Crippen LogP contribution in [0.15, 0.2) is 152 Å². The fraction of sp³-hybridized carbons (Fsp3) is 0.190. The van der Waals surface area contributed by atoms with E-state index in [9.17, 15) is 0 Å². The third-order valence-corrected chi connectivity index (χ3v) is 17.2. The minimum absolute atomic E-state index is 0. The van der Waals surface area contributed by atoms with Crippen molar-refractivity contribution in [2.24, 2.45) is 0 Å². The van der Waals surface area contributed by atoms with Gasteiger partial charge >= 0.3 is 110 Å². The Morgan fingerprint density at radius 2 is 1.40 bits per heavy atom. The molecule has 0 aliphatic rings. The smallest absolute Gasteiger partial charge is 0.0851 e. The van der Waals surface area contributed by atoms with Gasteiger partial charge in [-0.2, -0.15) is 11.3 Å². The maximum atomic E-state index is 8.49. The predicted octanol–water partition coefficient (Wildman–Crippen LogP) is 15.5. The molecular weight excluding hydrogens is 1050 g/mol. The summed E-state index contributed by atoms with van der Waals surface area (Å²) in [5.41, 5.74) is 11.2. The average molecular weight is 1110 g/mol. The van der Waals surface area contributed by atoms with Crippen LogP contribution in [0.25, 0.3) is 81.8 Å². The number of hydrogen-bond acceptors (Lipinski definition) is 4. The number of aryl methyl sites for hydroxylation is 2. The van der Waals surface area contributed by atoms with Crippen molar-refractivity contribution >= 4 is 60.2 Å². The third kappa shape index (κ3) is 9.33. The van der Waals surface area contributed by atoms with Crippen molar-refractivity contribution in [2.45, 2.75) is 70.5 Å². The Labute approximate surface area is 414 Å². The Kier molecular flexibility index (Phi) is 11.1. The van der Waals surface area contributed by atoms with Gasteiger partial charge in [-0.1, -0.05) is 118 Å². The third-order valence-electron chi connectivity index (χ3n) is 11.8. The van der Waals surface area contributed by atoms with Gasteiger partial charge in [0.2, 0.25) is 0 Å². The van der Waals surface area contributed by atoms with Crippen molar-refractivity contribution in [2.75, 3.05) is 0 Å². The number of pyridine rings is 2. The summed E-state index contributed by atoms with van der Waals surface area (Å²) in [5, 5.41) is 2.22. The molecule has 0 amide bonds. The van der Waals surface area contributed by atoms with Crippen molar-refractivity contribution in [3.05, 3.63) is 186 Å². The molecule has 4 aromatic heterocycles. The predicted molar refractivity (Wildman–Crippen MR) is 276 cm³/mol. The van der Waals surface area contributed by atoms with E-state index in [1.807, 2.05) is 29.0 Å². The summed E-state index contributed by atoms with van der Waals surface area (Å²) in [6, 6.07) is 53.2. The Morgan fingerprint density at radius 1 is 0.692 bits per heavy atom. The van der Waals surface area contributed by atoms with Gasteiger partial charge in [-0.3, -0.25) is 9.97 Å².